The molecule has 0 amide bonds. The Morgan fingerprint density at radius 3 is 2.61 bits per heavy atom. The van der Waals surface area contributed by atoms with Gasteiger partial charge in [-0.15, -0.1) is 0 Å². The van der Waals surface area contributed by atoms with Crippen molar-refractivity contribution in [3.8, 4) is 0 Å². The average Bonchev–Trinajstić information content (AvgIpc) is 2.82. The summed E-state index contributed by atoms with van der Waals surface area (Å²) in [6, 6.07) is 1.38. The minimum absolute atomic E-state index is 0.0881. The van der Waals surface area contributed by atoms with Crippen molar-refractivity contribution in [2.24, 2.45) is 0 Å². The number of aryl methyl sites for hydroxylation is 1. The van der Waals surface area contributed by atoms with Crippen LogP contribution in [-0.2, 0) is 20.8 Å². The van der Waals surface area contributed by atoms with Crippen molar-refractivity contribution in [2.75, 3.05) is 14.2 Å². The molecule has 0 fully saturated rings. The molecule has 1 aromatic rings. The van der Waals surface area contributed by atoms with Gasteiger partial charge in [-0.1, -0.05) is 0 Å². The van der Waals surface area contributed by atoms with Crippen LogP contribution in [0.2, 0.25) is 0 Å². The van der Waals surface area contributed by atoms with E-state index >= 15 is 0 Å². The van der Waals surface area contributed by atoms with E-state index < -0.39 is 11.9 Å². The number of methoxy groups -OCH3 is 2. The van der Waals surface area contributed by atoms with E-state index in [0.717, 1.165) is 0 Å². The van der Waals surface area contributed by atoms with E-state index in [0.29, 0.717) is 18.7 Å². The fraction of sp³-hybridized carbons (Fsp3) is 0.364. The van der Waals surface area contributed by atoms with Crippen molar-refractivity contribution in [3.63, 3.8) is 0 Å². The zero-order valence-corrected chi connectivity index (χ0v) is 9.97. The van der Waals surface area contributed by atoms with Crippen molar-refractivity contribution in [2.45, 2.75) is 13.0 Å². The normalized spacial score (nSPS) is 14.1. The molecule has 0 saturated carbocycles. The number of carbonyl (C=O) groups excluding carboxylic acids is 2. The number of hydrogen-bond acceptors (Lipinski definition) is 6. The highest BCUT2D eigenvalue weighted by Crippen LogP contribution is 2.26. The van der Waals surface area contributed by atoms with Crippen molar-refractivity contribution < 1.29 is 24.2 Å². The molecule has 1 N–H and O–H groups in total. The van der Waals surface area contributed by atoms with Gasteiger partial charge < -0.3 is 14.6 Å². The molecule has 2 heterocycles. The summed E-state index contributed by atoms with van der Waals surface area (Å²) in [5.74, 6) is -1.39. The molecule has 7 nitrogen and oxygen atoms in total. The maximum atomic E-state index is 11.4. The minimum Gasteiger partial charge on any atom is -0.505 e. The number of esters is 2. The largest absolute Gasteiger partial charge is 0.505 e. The van der Waals surface area contributed by atoms with Crippen LogP contribution in [-0.4, -0.2) is 41.0 Å². The molecule has 0 bridgehead atoms. The quantitative estimate of drug-likeness (QED) is 0.771. The molecule has 96 valence electrons. The lowest BCUT2D eigenvalue weighted by Gasteiger charge is -2.16. The number of aliphatic hydroxyl groups is 1. The van der Waals surface area contributed by atoms with Crippen LogP contribution in [0.3, 0.4) is 0 Å². The third kappa shape index (κ3) is 1.83. The number of fused-ring (bicyclic) bond motifs is 1. The average molecular weight is 252 g/mol. The van der Waals surface area contributed by atoms with Crippen LogP contribution in [0, 0.1) is 0 Å². The molecule has 0 radical (unpaired) electrons. The number of nitrogens with zero attached hydrogens (tertiary/aromatic N) is 2. The zero-order valence-electron chi connectivity index (χ0n) is 9.97. The summed E-state index contributed by atoms with van der Waals surface area (Å²) in [5.41, 5.74) is 0.577. The van der Waals surface area contributed by atoms with Gasteiger partial charge in [-0.2, -0.15) is 5.10 Å². The van der Waals surface area contributed by atoms with Gasteiger partial charge in [0.15, 0.2) is 11.5 Å². The van der Waals surface area contributed by atoms with Gasteiger partial charge in [-0.3, -0.25) is 4.68 Å². The molecule has 1 aromatic heterocycles. The highest BCUT2D eigenvalue weighted by Gasteiger charge is 2.27. The monoisotopic (exact) mass is 252 g/mol. The predicted octanol–water partition coefficient (Wildman–Crippen LogP) is 0.515. The van der Waals surface area contributed by atoms with E-state index in [4.69, 9.17) is 0 Å². The maximum absolute atomic E-state index is 11.4. The number of hydrogen-bond donors (Lipinski definition) is 1. The number of aliphatic hydroxyl groups excluding tert-OH is 1. The molecule has 1 aliphatic rings. The van der Waals surface area contributed by atoms with Gasteiger partial charge in [0.2, 0.25) is 0 Å². The molecule has 2 rings (SSSR count). The summed E-state index contributed by atoms with van der Waals surface area (Å²) in [6.45, 7) is 0.390. The van der Waals surface area contributed by atoms with E-state index in [-0.39, 0.29) is 17.0 Å². The third-order valence-electron chi connectivity index (χ3n) is 2.71. The summed E-state index contributed by atoms with van der Waals surface area (Å²) in [6.07, 6.45) is 0.299. The van der Waals surface area contributed by atoms with E-state index in [9.17, 15) is 14.7 Å². The third-order valence-corrected chi connectivity index (χ3v) is 2.71. The molecule has 0 atom stereocenters. The highest BCUT2D eigenvalue weighted by molar-refractivity contribution is 5.96. The van der Waals surface area contributed by atoms with Crippen LogP contribution in [0.4, 0.5) is 0 Å². The number of aromatic nitrogens is 2. The SMILES string of the molecule is COC(=O)C1=C(O)c2cc(C(=O)OC)nn2CC1. The summed E-state index contributed by atoms with van der Waals surface area (Å²) in [4.78, 5) is 22.7. The van der Waals surface area contributed by atoms with Gasteiger partial charge in [0.1, 0.15) is 5.69 Å². The van der Waals surface area contributed by atoms with E-state index in [1.165, 1.54) is 25.0 Å². The first kappa shape index (κ1) is 12.2. The topological polar surface area (TPSA) is 90.7 Å². The van der Waals surface area contributed by atoms with Crippen LogP contribution < -0.4 is 0 Å². The van der Waals surface area contributed by atoms with Crippen molar-refractivity contribution in [1.29, 1.82) is 0 Å². The first-order valence-corrected chi connectivity index (χ1v) is 5.25. The molecule has 0 unspecified atom stereocenters. The van der Waals surface area contributed by atoms with Crippen LogP contribution in [0.25, 0.3) is 5.76 Å². The lowest BCUT2D eigenvalue weighted by molar-refractivity contribution is -0.136. The second-order valence-corrected chi connectivity index (χ2v) is 3.70. The summed E-state index contributed by atoms with van der Waals surface area (Å²) in [5, 5.41) is 13.9. The first-order valence-electron chi connectivity index (χ1n) is 5.25. The van der Waals surface area contributed by atoms with Gasteiger partial charge in [0.05, 0.1) is 19.8 Å². The Hall–Kier alpha value is -2.31. The predicted molar refractivity (Wildman–Crippen MR) is 59.7 cm³/mol. The number of ether oxygens (including phenoxy) is 2. The van der Waals surface area contributed by atoms with E-state index in [1.54, 1.807) is 0 Å². The lowest BCUT2D eigenvalue weighted by atomic mass is 10.1. The molecule has 0 aromatic carbocycles. The second kappa shape index (κ2) is 4.52. The lowest BCUT2D eigenvalue weighted by Crippen LogP contribution is -2.18. The molecule has 0 spiro atoms. The number of carbonyl (C=O) groups is 2. The van der Waals surface area contributed by atoms with Crippen molar-refractivity contribution in [3.05, 3.63) is 23.0 Å². The second-order valence-electron chi connectivity index (χ2n) is 3.70. The van der Waals surface area contributed by atoms with E-state index in [1.807, 2.05) is 0 Å². The molecule has 0 aliphatic carbocycles. The molecule has 18 heavy (non-hydrogen) atoms. The Kier molecular flexibility index (Phi) is 3.05. The summed E-state index contributed by atoms with van der Waals surface area (Å²) in [7, 11) is 2.49. The summed E-state index contributed by atoms with van der Waals surface area (Å²) >= 11 is 0. The van der Waals surface area contributed by atoms with Gasteiger partial charge >= 0.3 is 11.9 Å². The Bertz CT molecular complexity index is 544. The number of rotatable bonds is 2. The molecular weight excluding hydrogens is 240 g/mol. The fourth-order valence-electron chi connectivity index (χ4n) is 1.79. The van der Waals surface area contributed by atoms with Gasteiger partial charge in [0.25, 0.3) is 0 Å². The van der Waals surface area contributed by atoms with Gasteiger partial charge in [0, 0.05) is 19.0 Å². The maximum Gasteiger partial charge on any atom is 0.358 e. The Labute approximate surface area is 103 Å². The van der Waals surface area contributed by atoms with Gasteiger partial charge in [-0.05, 0) is 0 Å². The minimum atomic E-state index is -0.593. The Morgan fingerprint density at radius 1 is 1.33 bits per heavy atom. The van der Waals surface area contributed by atoms with Crippen LogP contribution in [0.1, 0.15) is 22.6 Å². The fourth-order valence-corrected chi connectivity index (χ4v) is 1.79. The smallest absolute Gasteiger partial charge is 0.358 e. The van der Waals surface area contributed by atoms with E-state index in [2.05, 4.69) is 14.6 Å². The first-order chi connectivity index (χ1) is 8.58. The van der Waals surface area contributed by atoms with Crippen molar-refractivity contribution in [1.82, 2.24) is 9.78 Å². The van der Waals surface area contributed by atoms with Crippen LogP contribution in [0.5, 0.6) is 0 Å². The highest BCUT2D eigenvalue weighted by atomic mass is 16.5. The molecular formula is C11H12N2O5. The molecule has 0 saturated heterocycles. The molecule has 7 heteroatoms. The Morgan fingerprint density at radius 2 is 2.00 bits per heavy atom. The zero-order chi connectivity index (χ0) is 13.3. The van der Waals surface area contributed by atoms with Crippen LogP contribution >= 0.6 is 0 Å². The standard InChI is InChI=1S/C11H12N2O5/c1-17-10(15)6-3-4-13-8(9(6)14)5-7(12-13)11(16)18-2/h5,14H,3-4H2,1-2H3. The van der Waals surface area contributed by atoms with Crippen molar-refractivity contribution >= 4 is 17.7 Å². The van der Waals surface area contributed by atoms with Crippen LogP contribution in [0.15, 0.2) is 11.6 Å². The summed E-state index contributed by atoms with van der Waals surface area (Å²) < 4.78 is 10.6. The van der Waals surface area contributed by atoms with Gasteiger partial charge in [-0.25, -0.2) is 9.59 Å². The Balaban J connectivity index is 2.44. The molecule has 1 aliphatic heterocycles.